The van der Waals surface area contributed by atoms with Crippen LogP contribution in [0.15, 0.2) is 72.9 Å². The van der Waals surface area contributed by atoms with Crippen LogP contribution in [0.4, 0.5) is 17.2 Å². The van der Waals surface area contributed by atoms with Gasteiger partial charge in [-0.25, -0.2) is 4.98 Å². The van der Waals surface area contributed by atoms with E-state index >= 15 is 0 Å². The van der Waals surface area contributed by atoms with Gasteiger partial charge in [0.25, 0.3) is 5.91 Å². The molecule has 1 aliphatic rings. The number of hydrogen-bond acceptors (Lipinski definition) is 4. The number of carbonyl (C=O) groups excluding carboxylic acids is 1. The lowest BCUT2D eigenvalue weighted by atomic mass is 10.2. The van der Waals surface area contributed by atoms with Gasteiger partial charge in [-0.15, -0.1) is 0 Å². The van der Waals surface area contributed by atoms with E-state index in [-0.39, 0.29) is 5.91 Å². The molecule has 1 N–H and O–H groups in total. The molecule has 5 nitrogen and oxygen atoms in total. The number of halogens is 1. The number of anilines is 3. The van der Waals surface area contributed by atoms with Gasteiger partial charge in [-0.1, -0.05) is 41.9 Å². The lowest BCUT2D eigenvalue weighted by Gasteiger charge is -2.36. The van der Waals surface area contributed by atoms with Crippen LogP contribution < -0.4 is 15.1 Å². The number of piperazine rings is 1. The maximum atomic E-state index is 12.4. The second-order valence-corrected chi connectivity index (χ2v) is 7.06. The van der Waals surface area contributed by atoms with E-state index in [2.05, 4.69) is 44.4 Å². The Kier molecular flexibility index (Phi) is 5.44. The monoisotopic (exact) mass is 392 g/mol. The summed E-state index contributed by atoms with van der Waals surface area (Å²) in [7, 11) is 0. The Morgan fingerprint density at radius 2 is 1.54 bits per heavy atom. The van der Waals surface area contributed by atoms with E-state index in [1.165, 1.54) is 5.69 Å². The minimum absolute atomic E-state index is 0.221. The van der Waals surface area contributed by atoms with Crippen molar-refractivity contribution in [3.8, 4) is 0 Å². The first-order valence-electron chi connectivity index (χ1n) is 9.27. The van der Waals surface area contributed by atoms with E-state index in [1.54, 1.807) is 24.4 Å². The third-order valence-electron chi connectivity index (χ3n) is 4.86. The lowest BCUT2D eigenvalue weighted by Crippen LogP contribution is -2.46. The highest BCUT2D eigenvalue weighted by Gasteiger charge is 2.18. The quantitative estimate of drug-likeness (QED) is 0.718. The normalized spacial score (nSPS) is 14.0. The lowest BCUT2D eigenvalue weighted by molar-refractivity contribution is 0.102. The van der Waals surface area contributed by atoms with Gasteiger partial charge in [0.15, 0.2) is 0 Å². The largest absolute Gasteiger partial charge is 0.368 e. The number of para-hydroxylation sites is 2. The van der Waals surface area contributed by atoms with Crippen LogP contribution in [0.1, 0.15) is 10.4 Å². The molecule has 3 aromatic rings. The third-order valence-corrected chi connectivity index (χ3v) is 5.19. The Hall–Kier alpha value is -3.05. The van der Waals surface area contributed by atoms with Crippen LogP contribution >= 0.6 is 11.6 Å². The average molecular weight is 393 g/mol. The Balaban J connectivity index is 1.37. The number of pyridine rings is 1. The molecule has 1 aromatic heterocycles. The molecule has 28 heavy (non-hydrogen) atoms. The van der Waals surface area contributed by atoms with Crippen molar-refractivity contribution in [1.29, 1.82) is 0 Å². The zero-order valence-electron chi connectivity index (χ0n) is 15.4. The van der Waals surface area contributed by atoms with Crippen LogP contribution in [-0.2, 0) is 0 Å². The first-order chi connectivity index (χ1) is 13.7. The van der Waals surface area contributed by atoms with E-state index in [9.17, 15) is 4.79 Å². The second kappa shape index (κ2) is 8.31. The van der Waals surface area contributed by atoms with Crippen LogP contribution in [0.2, 0.25) is 5.02 Å². The summed E-state index contributed by atoms with van der Waals surface area (Å²) in [5.41, 5.74) is 2.35. The molecule has 1 aliphatic heterocycles. The predicted molar refractivity (Wildman–Crippen MR) is 115 cm³/mol. The van der Waals surface area contributed by atoms with Gasteiger partial charge in [0.2, 0.25) is 0 Å². The number of amides is 1. The zero-order chi connectivity index (χ0) is 19.3. The van der Waals surface area contributed by atoms with Crippen LogP contribution in [0, 0.1) is 0 Å². The summed E-state index contributed by atoms with van der Waals surface area (Å²) < 4.78 is 0. The van der Waals surface area contributed by atoms with Gasteiger partial charge in [-0.2, -0.15) is 0 Å². The zero-order valence-corrected chi connectivity index (χ0v) is 16.1. The summed E-state index contributed by atoms with van der Waals surface area (Å²) in [6, 6.07) is 21.3. The summed E-state index contributed by atoms with van der Waals surface area (Å²) in [5, 5.41) is 3.33. The first-order valence-corrected chi connectivity index (χ1v) is 9.65. The highest BCUT2D eigenvalue weighted by Crippen LogP contribution is 2.22. The smallest absolute Gasteiger partial charge is 0.257 e. The molecule has 0 spiro atoms. The standard InChI is InChI=1S/C22H21ClN4O/c23-19-8-4-5-9-20(19)25-22(28)17-10-11-21(24-16-17)27-14-12-26(13-15-27)18-6-2-1-3-7-18/h1-11,16H,12-15H2,(H,25,28). The average Bonchev–Trinajstić information content (AvgIpc) is 2.76. The van der Waals surface area contributed by atoms with Crippen molar-refractivity contribution in [3.05, 3.63) is 83.5 Å². The fraction of sp³-hybridized carbons (Fsp3) is 0.182. The molecular weight excluding hydrogens is 372 g/mol. The van der Waals surface area contributed by atoms with E-state index < -0.39 is 0 Å². The number of nitrogens with zero attached hydrogens (tertiary/aromatic N) is 3. The minimum atomic E-state index is -0.221. The Morgan fingerprint density at radius 3 is 2.21 bits per heavy atom. The van der Waals surface area contributed by atoms with E-state index in [1.807, 2.05) is 24.3 Å². The molecule has 0 bridgehead atoms. The number of rotatable bonds is 4. The molecule has 6 heteroatoms. The number of nitrogens with one attached hydrogen (secondary N) is 1. The predicted octanol–water partition coefficient (Wildman–Crippen LogP) is 4.31. The fourth-order valence-electron chi connectivity index (χ4n) is 3.30. The fourth-order valence-corrected chi connectivity index (χ4v) is 3.48. The van der Waals surface area contributed by atoms with Gasteiger partial charge in [-0.05, 0) is 36.4 Å². The third kappa shape index (κ3) is 4.10. The van der Waals surface area contributed by atoms with Crippen LogP contribution in [0.3, 0.4) is 0 Å². The summed E-state index contributed by atoms with van der Waals surface area (Å²) in [4.78, 5) is 21.5. The molecule has 1 amide bonds. The topological polar surface area (TPSA) is 48.5 Å². The summed E-state index contributed by atoms with van der Waals surface area (Å²) in [6.07, 6.45) is 1.62. The van der Waals surface area contributed by atoms with Crippen LogP contribution in [0.25, 0.3) is 0 Å². The van der Waals surface area contributed by atoms with Crippen molar-refractivity contribution >= 4 is 34.7 Å². The molecule has 0 saturated carbocycles. The number of hydrogen-bond donors (Lipinski definition) is 1. The van der Waals surface area contributed by atoms with Crippen molar-refractivity contribution in [3.63, 3.8) is 0 Å². The van der Waals surface area contributed by atoms with Gasteiger partial charge >= 0.3 is 0 Å². The SMILES string of the molecule is O=C(Nc1ccccc1Cl)c1ccc(N2CCN(c3ccccc3)CC2)nc1. The van der Waals surface area contributed by atoms with Gasteiger partial charge < -0.3 is 15.1 Å². The molecule has 2 heterocycles. The Labute approximate surface area is 169 Å². The number of benzene rings is 2. The highest BCUT2D eigenvalue weighted by molar-refractivity contribution is 6.33. The van der Waals surface area contributed by atoms with Crippen molar-refractivity contribution in [1.82, 2.24) is 4.98 Å². The molecule has 1 saturated heterocycles. The van der Waals surface area contributed by atoms with Gasteiger partial charge in [0.05, 0.1) is 16.3 Å². The summed E-state index contributed by atoms with van der Waals surface area (Å²) in [5.74, 6) is 0.669. The van der Waals surface area contributed by atoms with Crippen molar-refractivity contribution < 1.29 is 4.79 Å². The highest BCUT2D eigenvalue weighted by atomic mass is 35.5. The molecule has 1 fully saturated rings. The van der Waals surface area contributed by atoms with Crippen LogP contribution in [0.5, 0.6) is 0 Å². The van der Waals surface area contributed by atoms with Crippen LogP contribution in [-0.4, -0.2) is 37.1 Å². The molecular formula is C22H21ClN4O. The first kappa shape index (κ1) is 18.3. The minimum Gasteiger partial charge on any atom is -0.368 e. The number of carbonyl (C=O) groups is 1. The molecule has 4 rings (SSSR count). The molecule has 0 aliphatic carbocycles. The van der Waals surface area contributed by atoms with Crippen molar-refractivity contribution in [2.24, 2.45) is 0 Å². The summed E-state index contributed by atoms with van der Waals surface area (Å²) >= 11 is 6.10. The molecule has 2 aromatic carbocycles. The second-order valence-electron chi connectivity index (χ2n) is 6.65. The van der Waals surface area contributed by atoms with E-state index in [0.29, 0.717) is 16.3 Å². The van der Waals surface area contributed by atoms with E-state index in [0.717, 1.165) is 32.0 Å². The molecule has 0 unspecified atom stereocenters. The maximum Gasteiger partial charge on any atom is 0.257 e. The van der Waals surface area contributed by atoms with Gasteiger partial charge in [0, 0.05) is 38.1 Å². The Bertz CT molecular complexity index is 938. The molecule has 142 valence electrons. The number of aromatic nitrogens is 1. The van der Waals surface area contributed by atoms with Crippen molar-refractivity contribution in [2.45, 2.75) is 0 Å². The van der Waals surface area contributed by atoms with E-state index in [4.69, 9.17) is 11.6 Å². The molecule has 0 radical (unpaired) electrons. The Morgan fingerprint density at radius 1 is 0.857 bits per heavy atom. The van der Waals surface area contributed by atoms with Crippen molar-refractivity contribution in [2.75, 3.05) is 41.3 Å². The summed E-state index contributed by atoms with van der Waals surface area (Å²) in [6.45, 7) is 3.68. The molecule has 0 atom stereocenters. The van der Waals surface area contributed by atoms with Gasteiger partial charge in [-0.3, -0.25) is 4.79 Å². The van der Waals surface area contributed by atoms with Gasteiger partial charge in [0.1, 0.15) is 5.82 Å². The maximum absolute atomic E-state index is 12.4.